The molecule has 1 saturated carbocycles. The Hall–Kier alpha value is -3.69. The molecule has 9 nitrogen and oxygen atoms in total. The number of benzene rings is 1. The van der Waals surface area contributed by atoms with Crippen LogP contribution in [0.15, 0.2) is 42.6 Å². The van der Waals surface area contributed by atoms with Crippen molar-refractivity contribution in [2.45, 2.75) is 70.6 Å². The number of piperidine rings is 1. The van der Waals surface area contributed by atoms with Crippen LogP contribution >= 0.6 is 0 Å². The maximum absolute atomic E-state index is 13.3. The summed E-state index contributed by atoms with van der Waals surface area (Å²) in [6, 6.07) is 12.8. The summed E-state index contributed by atoms with van der Waals surface area (Å²) >= 11 is 0. The first-order chi connectivity index (χ1) is 20.6. The zero-order valence-corrected chi connectivity index (χ0v) is 25.7. The highest BCUT2D eigenvalue weighted by molar-refractivity contribution is 5.95. The summed E-state index contributed by atoms with van der Waals surface area (Å²) in [4.78, 5) is 30.1. The standard InChI is InChI=1S/C34H42N6O3/c1-21-28-13-12-24(32(41)37-14-6-8-26(35)20-37)19-40(28)36-30(21)29-15-23-7-5-9-27(31(23)39(29)16-22-10-11-22)25-17-38(18-25)33(42)34(2,3)43-4/h5,7,9,12-13,15,19,22,25-26H,6,8,10-11,14,16-18,20,35H2,1-4H3/t26-/m1/s1. The summed E-state index contributed by atoms with van der Waals surface area (Å²) in [6.45, 7) is 9.46. The molecule has 0 bridgehead atoms. The molecule has 0 radical (unpaired) electrons. The minimum Gasteiger partial charge on any atom is -0.369 e. The molecule has 3 aromatic heterocycles. The minimum absolute atomic E-state index is 0.0150. The van der Waals surface area contributed by atoms with E-state index in [1.165, 1.54) is 29.3 Å². The highest BCUT2D eigenvalue weighted by atomic mass is 16.5. The molecule has 0 spiro atoms. The van der Waals surface area contributed by atoms with Gasteiger partial charge >= 0.3 is 0 Å². The van der Waals surface area contributed by atoms with E-state index in [0.717, 1.165) is 48.4 Å². The van der Waals surface area contributed by atoms with Gasteiger partial charge in [-0.25, -0.2) is 4.52 Å². The molecule has 1 aliphatic carbocycles. The van der Waals surface area contributed by atoms with Gasteiger partial charge in [0, 0.05) is 68.9 Å². The van der Waals surface area contributed by atoms with E-state index in [9.17, 15) is 9.59 Å². The number of ether oxygens (including phenoxy) is 1. The van der Waals surface area contributed by atoms with Gasteiger partial charge in [-0.1, -0.05) is 18.2 Å². The van der Waals surface area contributed by atoms with Gasteiger partial charge in [-0.2, -0.15) is 5.10 Å². The molecule has 0 unspecified atom stereocenters. The van der Waals surface area contributed by atoms with Crippen LogP contribution in [0.2, 0.25) is 0 Å². The molecular weight excluding hydrogens is 540 g/mol. The quantitative estimate of drug-likeness (QED) is 0.344. The molecule has 2 N–H and O–H groups in total. The van der Waals surface area contributed by atoms with Crippen LogP contribution in [0.1, 0.15) is 66.9 Å². The summed E-state index contributed by atoms with van der Waals surface area (Å²) in [5.41, 5.74) is 12.7. The van der Waals surface area contributed by atoms with Gasteiger partial charge in [0.05, 0.1) is 22.3 Å². The zero-order chi connectivity index (χ0) is 30.0. The monoisotopic (exact) mass is 582 g/mol. The normalized spacial score (nSPS) is 19.8. The molecule has 4 aromatic rings. The molecule has 1 atom stereocenters. The largest absolute Gasteiger partial charge is 0.369 e. The maximum atomic E-state index is 13.3. The third kappa shape index (κ3) is 4.92. The van der Waals surface area contributed by atoms with Crippen LogP contribution in [-0.2, 0) is 16.1 Å². The third-order valence-corrected chi connectivity index (χ3v) is 9.83. The van der Waals surface area contributed by atoms with Crippen molar-refractivity contribution in [1.29, 1.82) is 0 Å². The van der Waals surface area contributed by atoms with Gasteiger partial charge in [0.15, 0.2) is 0 Å². The fourth-order valence-electron chi connectivity index (χ4n) is 6.86. The zero-order valence-electron chi connectivity index (χ0n) is 25.7. The topological polar surface area (TPSA) is 98.1 Å². The molecule has 5 heterocycles. The Morgan fingerprint density at radius 1 is 1.07 bits per heavy atom. The number of carbonyl (C=O) groups excluding carboxylic acids is 2. The molecule has 2 aliphatic heterocycles. The van der Waals surface area contributed by atoms with Gasteiger partial charge < -0.3 is 24.8 Å². The van der Waals surface area contributed by atoms with E-state index < -0.39 is 5.60 Å². The van der Waals surface area contributed by atoms with Crippen LogP contribution in [0, 0.1) is 12.8 Å². The van der Waals surface area contributed by atoms with Crippen LogP contribution in [0.4, 0.5) is 0 Å². The summed E-state index contributed by atoms with van der Waals surface area (Å²) in [5.74, 6) is 0.997. The fourth-order valence-corrected chi connectivity index (χ4v) is 6.86. The first kappa shape index (κ1) is 28.1. The number of likely N-dealkylation sites (tertiary alicyclic amines) is 2. The molecule has 226 valence electrons. The molecule has 3 fully saturated rings. The van der Waals surface area contributed by atoms with E-state index >= 15 is 0 Å². The number of carbonyl (C=O) groups is 2. The van der Waals surface area contributed by atoms with Gasteiger partial charge in [-0.3, -0.25) is 9.59 Å². The number of aryl methyl sites for hydroxylation is 1. The lowest BCUT2D eigenvalue weighted by atomic mass is 9.88. The first-order valence-corrected chi connectivity index (χ1v) is 15.7. The number of aromatic nitrogens is 3. The van der Waals surface area contributed by atoms with E-state index in [4.69, 9.17) is 15.6 Å². The molecule has 3 aliphatic rings. The number of amides is 2. The third-order valence-electron chi connectivity index (χ3n) is 9.83. The summed E-state index contributed by atoms with van der Waals surface area (Å²) in [5, 5.41) is 6.28. The van der Waals surface area contributed by atoms with Gasteiger partial charge in [0.1, 0.15) is 11.3 Å². The Balaban J connectivity index is 1.25. The van der Waals surface area contributed by atoms with Crippen molar-refractivity contribution in [3.8, 4) is 11.4 Å². The van der Waals surface area contributed by atoms with Gasteiger partial charge in [0.25, 0.3) is 11.8 Å². The molecule has 9 heteroatoms. The molecule has 1 aromatic carbocycles. The van der Waals surface area contributed by atoms with E-state index in [0.29, 0.717) is 31.1 Å². The summed E-state index contributed by atoms with van der Waals surface area (Å²) in [6.07, 6.45) is 6.26. The number of nitrogens with zero attached hydrogens (tertiary/aromatic N) is 5. The predicted octanol–water partition coefficient (Wildman–Crippen LogP) is 4.59. The number of fused-ring (bicyclic) bond motifs is 2. The van der Waals surface area contributed by atoms with Crippen molar-refractivity contribution in [3.05, 3.63) is 59.3 Å². The van der Waals surface area contributed by atoms with Crippen molar-refractivity contribution < 1.29 is 14.3 Å². The Bertz CT molecular complexity index is 1720. The SMILES string of the molecule is COC(C)(C)C(=O)N1CC(c2cccc3cc(-c4nn5cc(C(=O)N6CCC[C@@H](N)C6)ccc5c4C)n(CC4CC4)c23)C1. The van der Waals surface area contributed by atoms with Crippen LogP contribution in [0.3, 0.4) is 0 Å². The van der Waals surface area contributed by atoms with E-state index in [1.54, 1.807) is 7.11 Å². The Labute approximate surface area is 252 Å². The molecular formula is C34H42N6O3. The highest BCUT2D eigenvalue weighted by Crippen LogP contribution is 2.41. The Morgan fingerprint density at radius 3 is 2.58 bits per heavy atom. The molecule has 7 rings (SSSR count). The smallest absolute Gasteiger partial charge is 0.255 e. The molecule has 2 saturated heterocycles. The van der Waals surface area contributed by atoms with Crippen LogP contribution < -0.4 is 5.73 Å². The van der Waals surface area contributed by atoms with E-state index in [1.807, 2.05) is 46.5 Å². The van der Waals surface area contributed by atoms with Crippen molar-refractivity contribution in [3.63, 3.8) is 0 Å². The number of hydrogen-bond acceptors (Lipinski definition) is 5. The van der Waals surface area contributed by atoms with Gasteiger partial charge in [0.2, 0.25) is 0 Å². The van der Waals surface area contributed by atoms with E-state index in [2.05, 4.69) is 35.8 Å². The summed E-state index contributed by atoms with van der Waals surface area (Å²) in [7, 11) is 1.59. The summed E-state index contributed by atoms with van der Waals surface area (Å²) < 4.78 is 9.79. The lowest BCUT2D eigenvalue weighted by molar-refractivity contribution is -0.155. The lowest BCUT2D eigenvalue weighted by Gasteiger charge is -2.43. The second-order valence-corrected chi connectivity index (χ2v) is 13.4. The van der Waals surface area contributed by atoms with Crippen molar-refractivity contribution in [2.75, 3.05) is 33.3 Å². The fraction of sp³-hybridized carbons (Fsp3) is 0.500. The Kier molecular flexibility index (Phi) is 6.85. The number of para-hydroxylation sites is 1. The van der Waals surface area contributed by atoms with Crippen LogP contribution in [0.5, 0.6) is 0 Å². The predicted molar refractivity (Wildman–Crippen MR) is 167 cm³/mol. The van der Waals surface area contributed by atoms with Crippen LogP contribution in [-0.4, -0.2) is 80.7 Å². The molecule has 43 heavy (non-hydrogen) atoms. The average molecular weight is 583 g/mol. The van der Waals surface area contributed by atoms with Gasteiger partial charge in [-0.05, 0) is 76.1 Å². The van der Waals surface area contributed by atoms with Gasteiger partial charge in [-0.15, -0.1) is 0 Å². The number of pyridine rings is 1. The second kappa shape index (κ2) is 10.5. The lowest BCUT2D eigenvalue weighted by Crippen LogP contribution is -2.55. The van der Waals surface area contributed by atoms with Crippen molar-refractivity contribution >= 4 is 28.2 Å². The highest BCUT2D eigenvalue weighted by Gasteiger charge is 2.40. The number of nitrogens with two attached hydrogens (primary N) is 1. The number of rotatable bonds is 7. The minimum atomic E-state index is -0.817. The first-order valence-electron chi connectivity index (χ1n) is 15.7. The van der Waals surface area contributed by atoms with Crippen LogP contribution in [0.25, 0.3) is 27.8 Å². The van der Waals surface area contributed by atoms with Crippen molar-refractivity contribution in [2.24, 2.45) is 11.7 Å². The Morgan fingerprint density at radius 2 is 1.86 bits per heavy atom. The maximum Gasteiger partial charge on any atom is 0.255 e. The molecule has 2 amide bonds. The van der Waals surface area contributed by atoms with E-state index in [-0.39, 0.29) is 23.8 Å². The number of methoxy groups -OCH3 is 1. The number of hydrogen-bond donors (Lipinski definition) is 1. The average Bonchev–Trinajstić information content (AvgIpc) is 3.64. The second-order valence-electron chi connectivity index (χ2n) is 13.4. The van der Waals surface area contributed by atoms with Crippen molar-refractivity contribution in [1.82, 2.24) is 24.0 Å².